The Morgan fingerprint density at radius 1 is 0.909 bits per heavy atom. The van der Waals surface area contributed by atoms with Crippen LogP contribution in [0.2, 0.25) is 0 Å². The maximum absolute atomic E-state index is 13.8. The van der Waals surface area contributed by atoms with E-state index < -0.39 is 27.5 Å². The van der Waals surface area contributed by atoms with Crippen molar-refractivity contribution in [1.82, 2.24) is 0 Å². The van der Waals surface area contributed by atoms with E-state index in [0.29, 0.717) is 17.2 Å². The van der Waals surface area contributed by atoms with Crippen LogP contribution in [-0.4, -0.2) is 20.1 Å². The van der Waals surface area contributed by atoms with Crippen LogP contribution in [0.3, 0.4) is 0 Å². The van der Waals surface area contributed by atoms with Crippen molar-refractivity contribution in [1.29, 1.82) is 0 Å². The average Bonchev–Trinajstić information content (AvgIpc) is 3.40. The molecule has 1 fully saturated rings. The number of hydrogen-bond donors (Lipinski definition) is 2. The lowest BCUT2D eigenvalue weighted by atomic mass is 10.2. The van der Waals surface area contributed by atoms with E-state index in [1.165, 1.54) is 42.5 Å². The minimum Gasteiger partial charge on any atom is -0.448 e. The van der Waals surface area contributed by atoms with Crippen molar-refractivity contribution in [2.75, 3.05) is 10.0 Å². The summed E-state index contributed by atoms with van der Waals surface area (Å²) in [5.41, 5.74) is 0.654. The fourth-order valence-electron chi connectivity index (χ4n) is 4.03. The summed E-state index contributed by atoms with van der Waals surface area (Å²) in [7, 11) is -4.01. The summed E-state index contributed by atoms with van der Waals surface area (Å²) < 4.78 is 53.1. The number of carbonyl (C=O) groups excluding carboxylic acids is 1. The molecule has 33 heavy (non-hydrogen) atoms. The van der Waals surface area contributed by atoms with Gasteiger partial charge >= 0.3 is 0 Å². The van der Waals surface area contributed by atoms with Crippen molar-refractivity contribution in [3.8, 4) is 11.5 Å². The second kappa shape index (κ2) is 8.08. The molecule has 9 heteroatoms. The first-order chi connectivity index (χ1) is 15.8. The van der Waals surface area contributed by atoms with Gasteiger partial charge in [0.1, 0.15) is 5.82 Å². The van der Waals surface area contributed by atoms with Gasteiger partial charge in [0.05, 0.1) is 10.6 Å². The number of sulfonamides is 1. The summed E-state index contributed by atoms with van der Waals surface area (Å²) in [5.74, 6) is -0.416. The molecule has 3 aromatic rings. The van der Waals surface area contributed by atoms with Gasteiger partial charge in [-0.05, 0) is 61.4 Å². The summed E-state index contributed by atoms with van der Waals surface area (Å²) in [5, 5.41) is 2.78. The van der Waals surface area contributed by atoms with Crippen LogP contribution in [0, 0.1) is 5.82 Å². The van der Waals surface area contributed by atoms with Crippen molar-refractivity contribution in [3.63, 3.8) is 0 Å². The van der Waals surface area contributed by atoms with Crippen LogP contribution in [0.5, 0.6) is 11.5 Å². The molecule has 7 nitrogen and oxygen atoms in total. The van der Waals surface area contributed by atoms with Crippen LogP contribution in [0.1, 0.15) is 36.0 Å². The number of carbonyl (C=O) groups is 1. The number of ether oxygens (including phenoxy) is 2. The number of fused-ring (bicyclic) bond motifs is 1. The highest BCUT2D eigenvalue weighted by Gasteiger charge is 2.44. The van der Waals surface area contributed by atoms with Crippen molar-refractivity contribution in [2.24, 2.45) is 0 Å². The molecule has 1 heterocycles. The molecule has 2 N–H and O–H groups in total. The first-order valence-electron chi connectivity index (χ1n) is 10.5. The normalized spacial score (nSPS) is 16.0. The van der Waals surface area contributed by atoms with Gasteiger partial charge < -0.3 is 14.8 Å². The maximum atomic E-state index is 13.8. The molecule has 1 aliphatic heterocycles. The Kier molecular flexibility index (Phi) is 5.20. The predicted molar refractivity (Wildman–Crippen MR) is 121 cm³/mol. The van der Waals surface area contributed by atoms with Gasteiger partial charge in [-0.15, -0.1) is 0 Å². The zero-order chi connectivity index (χ0) is 23.1. The van der Waals surface area contributed by atoms with Crippen LogP contribution in [0.25, 0.3) is 0 Å². The quantitative estimate of drug-likeness (QED) is 0.554. The summed E-state index contributed by atoms with van der Waals surface area (Å²) in [6, 6.07) is 16.1. The first-order valence-corrected chi connectivity index (χ1v) is 12.0. The Bertz CT molecular complexity index is 1320. The summed E-state index contributed by atoms with van der Waals surface area (Å²) >= 11 is 0. The van der Waals surface area contributed by atoms with Crippen LogP contribution in [0.15, 0.2) is 71.6 Å². The number of amides is 1. The van der Waals surface area contributed by atoms with E-state index in [4.69, 9.17) is 9.47 Å². The number of rotatable bonds is 5. The number of hydrogen-bond acceptors (Lipinski definition) is 5. The molecular formula is C24H21FN2O5S. The van der Waals surface area contributed by atoms with E-state index in [9.17, 15) is 17.6 Å². The van der Waals surface area contributed by atoms with Crippen molar-refractivity contribution < 1.29 is 27.1 Å². The Labute approximate surface area is 190 Å². The SMILES string of the molecule is O=C(Nc1ccc2c(c1)OC1(CCCC1)O2)c1ccc(S(=O)(=O)Nc2ccccc2F)cc1. The molecule has 0 radical (unpaired) electrons. The first kappa shape index (κ1) is 21.3. The fourth-order valence-corrected chi connectivity index (χ4v) is 5.09. The number of anilines is 2. The largest absolute Gasteiger partial charge is 0.448 e. The molecule has 1 saturated carbocycles. The molecule has 170 valence electrons. The zero-order valence-electron chi connectivity index (χ0n) is 17.5. The van der Waals surface area contributed by atoms with Crippen LogP contribution in [0.4, 0.5) is 15.8 Å². The number of benzene rings is 3. The van der Waals surface area contributed by atoms with Crippen LogP contribution < -0.4 is 19.5 Å². The molecule has 0 saturated heterocycles. The van der Waals surface area contributed by atoms with E-state index in [1.807, 2.05) is 0 Å². The average molecular weight is 469 g/mol. The Balaban J connectivity index is 1.27. The monoisotopic (exact) mass is 468 g/mol. The third-order valence-electron chi connectivity index (χ3n) is 5.70. The third-order valence-corrected chi connectivity index (χ3v) is 7.09. The van der Waals surface area contributed by atoms with Gasteiger partial charge in [-0.1, -0.05) is 12.1 Å². The molecule has 1 aliphatic carbocycles. The predicted octanol–water partition coefficient (Wildman–Crippen LogP) is 4.92. The Morgan fingerprint density at radius 3 is 2.33 bits per heavy atom. The molecular weight excluding hydrogens is 447 g/mol. The highest BCUT2D eigenvalue weighted by molar-refractivity contribution is 7.92. The Morgan fingerprint density at radius 2 is 1.61 bits per heavy atom. The van der Waals surface area contributed by atoms with Crippen molar-refractivity contribution in [2.45, 2.75) is 36.4 Å². The molecule has 0 bridgehead atoms. The molecule has 5 rings (SSSR count). The minimum absolute atomic E-state index is 0.0905. The van der Waals surface area contributed by atoms with Gasteiger partial charge in [-0.2, -0.15) is 0 Å². The van der Waals surface area contributed by atoms with Gasteiger partial charge in [-0.25, -0.2) is 12.8 Å². The summed E-state index contributed by atoms with van der Waals surface area (Å²) in [6.45, 7) is 0. The smallest absolute Gasteiger partial charge is 0.261 e. The van der Waals surface area contributed by atoms with E-state index in [0.717, 1.165) is 31.7 Å². The van der Waals surface area contributed by atoms with Gasteiger partial charge in [0.25, 0.3) is 21.7 Å². The topological polar surface area (TPSA) is 93.7 Å². The molecule has 2 aliphatic rings. The van der Waals surface area contributed by atoms with E-state index in [1.54, 1.807) is 18.2 Å². The van der Waals surface area contributed by atoms with E-state index in [2.05, 4.69) is 10.0 Å². The van der Waals surface area contributed by atoms with Crippen molar-refractivity contribution in [3.05, 3.63) is 78.1 Å². The second-order valence-corrected chi connectivity index (χ2v) is 9.73. The lowest BCUT2D eigenvalue weighted by Gasteiger charge is -2.21. The van der Waals surface area contributed by atoms with Crippen LogP contribution >= 0.6 is 0 Å². The van der Waals surface area contributed by atoms with Gasteiger partial charge in [0.2, 0.25) is 0 Å². The van der Waals surface area contributed by atoms with Crippen LogP contribution in [-0.2, 0) is 10.0 Å². The minimum atomic E-state index is -4.01. The highest BCUT2D eigenvalue weighted by atomic mass is 32.2. The fraction of sp³-hybridized carbons (Fsp3) is 0.208. The molecule has 0 aromatic heterocycles. The summed E-state index contributed by atoms with van der Waals surface area (Å²) in [4.78, 5) is 12.6. The molecule has 1 spiro atoms. The number of halogens is 1. The highest BCUT2D eigenvalue weighted by Crippen LogP contribution is 2.47. The molecule has 3 aromatic carbocycles. The lowest BCUT2D eigenvalue weighted by Crippen LogP contribution is -2.34. The lowest BCUT2D eigenvalue weighted by molar-refractivity contribution is -0.0716. The van der Waals surface area contributed by atoms with Gasteiger partial charge in [0, 0.05) is 30.2 Å². The zero-order valence-corrected chi connectivity index (χ0v) is 18.3. The third kappa shape index (κ3) is 4.23. The molecule has 0 atom stereocenters. The maximum Gasteiger partial charge on any atom is 0.261 e. The van der Waals surface area contributed by atoms with E-state index in [-0.39, 0.29) is 16.1 Å². The Hall–Kier alpha value is -3.59. The summed E-state index contributed by atoms with van der Waals surface area (Å²) in [6.07, 6.45) is 3.78. The second-order valence-electron chi connectivity index (χ2n) is 8.05. The number of nitrogens with one attached hydrogen (secondary N) is 2. The standard InChI is InChI=1S/C24H21FN2O5S/c25-19-5-1-2-6-20(19)27-33(29,30)18-10-7-16(8-11-18)23(28)26-17-9-12-21-22(15-17)32-24(31-21)13-3-4-14-24/h1-2,5-12,15,27H,3-4,13-14H2,(H,26,28). The van der Waals surface area contributed by atoms with Crippen molar-refractivity contribution >= 4 is 27.3 Å². The van der Waals surface area contributed by atoms with Gasteiger partial charge in [0.15, 0.2) is 11.5 Å². The molecule has 0 unspecified atom stereocenters. The van der Waals surface area contributed by atoms with Gasteiger partial charge in [-0.3, -0.25) is 9.52 Å². The number of para-hydroxylation sites is 1. The molecule has 1 amide bonds. The van der Waals surface area contributed by atoms with E-state index >= 15 is 0 Å².